The van der Waals surface area contributed by atoms with Crippen LogP contribution in [0.15, 0.2) is 30.3 Å². The van der Waals surface area contributed by atoms with Crippen LogP contribution < -0.4 is 15.5 Å². The summed E-state index contributed by atoms with van der Waals surface area (Å²) >= 11 is 0. The van der Waals surface area contributed by atoms with Crippen LogP contribution in [0.2, 0.25) is 0 Å². The third-order valence-electron chi connectivity index (χ3n) is 7.45. The third-order valence-corrected chi connectivity index (χ3v) is 10.5. The van der Waals surface area contributed by atoms with Crippen molar-refractivity contribution < 1.29 is 23.1 Å². The van der Waals surface area contributed by atoms with Gasteiger partial charge in [-0.1, -0.05) is 12.8 Å². The van der Waals surface area contributed by atoms with Crippen molar-refractivity contribution in [1.82, 2.24) is 15.3 Å². The minimum atomic E-state index is -3.36. The molecule has 2 aromatic rings. The van der Waals surface area contributed by atoms with E-state index in [0.29, 0.717) is 69.3 Å². The van der Waals surface area contributed by atoms with E-state index in [9.17, 15) is 13.2 Å². The Hall–Kier alpha value is -2.76. The van der Waals surface area contributed by atoms with E-state index in [1.165, 1.54) is 0 Å². The Balaban J connectivity index is 1.48. The first-order valence-corrected chi connectivity index (χ1v) is 14.7. The summed E-state index contributed by atoms with van der Waals surface area (Å²) in [5.41, 5.74) is 1.96. The number of nitrogens with zero attached hydrogens (tertiary/aromatic N) is 3. The van der Waals surface area contributed by atoms with Gasteiger partial charge < -0.3 is 25.4 Å². The lowest BCUT2D eigenvalue weighted by Gasteiger charge is -2.32. The fourth-order valence-electron chi connectivity index (χ4n) is 5.24. The van der Waals surface area contributed by atoms with Gasteiger partial charge in [0.1, 0.15) is 10.6 Å². The van der Waals surface area contributed by atoms with Gasteiger partial charge in [-0.2, -0.15) is 0 Å². The number of ether oxygens (including phenoxy) is 1. The number of hydrogen-bond acceptors (Lipinski definition) is 8. The summed E-state index contributed by atoms with van der Waals surface area (Å²) in [6, 6.07) is 8.77. The van der Waals surface area contributed by atoms with Crippen LogP contribution in [-0.2, 0) is 19.3 Å². The van der Waals surface area contributed by atoms with Gasteiger partial charge in [-0.15, -0.1) is 0 Å². The van der Waals surface area contributed by atoms with E-state index in [2.05, 4.69) is 15.5 Å². The number of amides is 2. The first-order valence-electron chi connectivity index (χ1n) is 13.1. The zero-order valence-corrected chi connectivity index (χ0v) is 21.8. The maximum Gasteiger partial charge on any atom is 0.319 e. The topological polar surface area (TPSA) is 134 Å². The highest BCUT2D eigenvalue weighted by Crippen LogP contribution is 2.51. The number of aromatic nitrogens is 2. The molecule has 1 aliphatic heterocycles. The minimum Gasteiger partial charge on any atom is -0.396 e. The molecule has 5 rings (SSSR count). The van der Waals surface area contributed by atoms with E-state index in [-0.39, 0.29) is 17.9 Å². The zero-order chi connectivity index (χ0) is 25.9. The second kappa shape index (κ2) is 10.9. The van der Waals surface area contributed by atoms with E-state index in [1.54, 1.807) is 12.1 Å². The third kappa shape index (κ3) is 5.44. The van der Waals surface area contributed by atoms with Crippen LogP contribution in [0.5, 0.6) is 0 Å². The average molecular weight is 530 g/mol. The number of carbonyl (C=O) groups excluding carboxylic acids is 1. The van der Waals surface area contributed by atoms with Crippen molar-refractivity contribution in [3.05, 3.63) is 36.0 Å². The Labute approximate surface area is 217 Å². The molecule has 1 saturated heterocycles. The largest absolute Gasteiger partial charge is 0.396 e. The predicted molar refractivity (Wildman–Crippen MR) is 141 cm³/mol. The summed E-state index contributed by atoms with van der Waals surface area (Å²) in [7, 11) is -3.36. The molecule has 0 bridgehead atoms. The molecule has 2 aliphatic carbocycles. The van der Waals surface area contributed by atoms with Gasteiger partial charge in [0.2, 0.25) is 0 Å². The molecular weight excluding hydrogens is 494 g/mol. The Kier molecular flexibility index (Phi) is 7.64. The Bertz CT molecular complexity index is 1200. The van der Waals surface area contributed by atoms with Gasteiger partial charge in [0.05, 0.1) is 24.2 Å². The Morgan fingerprint density at radius 3 is 2.46 bits per heavy atom. The molecule has 37 heavy (non-hydrogen) atoms. The molecule has 3 fully saturated rings. The number of aliphatic hydroxyl groups is 1. The summed E-state index contributed by atoms with van der Waals surface area (Å²) in [6.07, 6.45) is 4.90. The molecule has 2 heterocycles. The van der Waals surface area contributed by atoms with Crippen LogP contribution in [-0.4, -0.2) is 74.2 Å². The summed E-state index contributed by atoms with van der Waals surface area (Å²) in [5, 5.41) is 14.1. The van der Waals surface area contributed by atoms with Gasteiger partial charge in [-0.05, 0) is 56.4 Å². The second-order valence-corrected chi connectivity index (χ2v) is 12.6. The van der Waals surface area contributed by atoms with Crippen molar-refractivity contribution in [2.75, 3.05) is 49.7 Å². The smallest absolute Gasteiger partial charge is 0.319 e. The number of aliphatic hydroxyl groups excluding tert-OH is 1. The molecule has 1 aromatic heterocycles. The van der Waals surface area contributed by atoms with Gasteiger partial charge in [0.15, 0.2) is 15.7 Å². The molecule has 0 atom stereocenters. The molecule has 2 saturated carbocycles. The number of sulfone groups is 1. The van der Waals surface area contributed by atoms with Crippen molar-refractivity contribution in [1.29, 1.82) is 0 Å². The monoisotopic (exact) mass is 529 g/mol. The molecular formula is C26H35N5O5S. The molecule has 0 radical (unpaired) electrons. The van der Waals surface area contributed by atoms with E-state index < -0.39 is 14.6 Å². The van der Waals surface area contributed by atoms with Crippen molar-refractivity contribution in [2.45, 2.75) is 54.9 Å². The summed E-state index contributed by atoms with van der Waals surface area (Å²) in [4.78, 5) is 23.9. The molecule has 3 aliphatic rings. The number of morpholine rings is 1. The summed E-state index contributed by atoms with van der Waals surface area (Å²) in [5.74, 6) is 1.21. The number of urea groups is 1. The Morgan fingerprint density at radius 2 is 1.81 bits per heavy atom. The molecule has 0 spiro atoms. The van der Waals surface area contributed by atoms with E-state index in [0.717, 1.165) is 37.1 Å². The maximum atomic E-state index is 13.7. The van der Waals surface area contributed by atoms with Crippen molar-refractivity contribution >= 4 is 27.4 Å². The summed E-state index contributed by atoms with van der Waals surface area (Å²) in [6.45, 7) is 2.97. The lowest BCUT2D eigenvalue weighted by atomic mass is 10.0. The number of anilines is 2. The maximum absolute atomic E-state index is 13.7. The molecule has 0 unspecified atom stereocenters. The fourth-order valence-corrected chi connectivity index (χ4v) is 7.89. The number of nitrogens with one attached hydrogen (secondary N) is 2. The molecule has 11 heteroatoms. The molecule has 10 nitrogen and oxygen atoms in total. The quantitative estimate of drug-likeness (QED) is 0.422. The molecule has 3 N–H and O–H groups in total. The predicted octanol–water partition coefficient (Wildman–Crippen LogP) is 2.83. The number of rotatable bonds is 9. The van der Waals surface area contributed by atoms with Crippen molar-refractivity contribution in [3.63, 3.8) is 0 Å². The second-order valence-electron chi connectivity index (χ2n) is 10.0. The number of benzene rings is 1. The van der Waals surface area contributed by atoms with Crippen LogP contribution in [0.25, 0.3) is 11.4 Å². The standard InChI is InChI=1S/C26H35N5O5S/c32-15-3-12-27-25(33)28-20-6-4-19(5-7-20)24-29-22(18-23(30-24)31-13-16-36-17-14-31)26(10-1-2-11-26)37(34,35)21-8-9-21/h4-7,18,21,32H,1-3,8-17H2,(H2,27,28,33). The average Bonchev–Trinajstić information content (AvgIpc) is 3.66. The SMILES string of the molecule is O=C(NCCCO)Nc1ccc(-c2nc(N3CCOCC3)cc(C3(S(=O)(=O)C4CC4)CCCC3)n2)cc1. The highest BCUT2D eigenvalue weighted by molar-refractivity contribution is 7.93. The van der Waals surface area contributed by atoms with Gasteiger partial charge in [-0.25, -0.2) is 23.2 Å². The zero-order valence-electron chi connectivity index (χ0n) is 21.0. The highest BCUT2D eigenvalue weighted by Gasteiger charge is 2.55. The first kappa shape index (κ1) is 25.9. The highest BCUT2D eigenvalue weighted by atomic mass is 32.2. The van der Waals surface area contributed by atoms with Crippen LogP contribution in [0.3, 0.4) is 0 Å². The van der Waals surface area contributed by atoms with Crippen LogP contribution in [0.4, 0.5) is 16.3 Å². The van der Waals surface area contributed by atoms with Crippen LogP contribution in [0, 0.1) is 0 Å². The van der Waals surface area contributed by atoms with Crippen LogP contribution >= 0.6 is 0 Å². The van der Waals surface area contributed by atoms with Gasteiger partial charge in [0.25, 0.3) is 0 Å². The molecule has 2 amide bonds. The van der Waals surface area contributed by atoms with Gasteiger partial charge in [0, 0.05) is 43.6 Å². The Morgan fingerprint density at radius 1 is 1.11 bits per heavy atom. The van der Waals surface area contributed by atoms with E-state index in [4.69, 9.17) is 19.8 Å². The van der Waals surface area contributed by atoms with Crippen molar-refractivity contribution in [2.24, 2.45) is 0 Å². The minimum absolute atomic E-state index is 0.0176. The van der Waals surface area contributed by atoms with E-state index >= 15 is 0 Å². The fraction of sp³-hybridized carbons (Fsp3) is 0.577. The number of hydrogen-bond donors (Lipinski definition) is 3. The van der Waals surface area contributed by atoms with Gasteiger partial charge in [-0.3, -0.25) is 0 Å². The first-order chi connectivity index (χ1) is 17.9. The normalized spacial score (nSPS) is 19.5. The molecule has 200 valence electrons. The van der Waals surface area contributed by atoms with Crippen molar-refractivity contribution in [3.8, 4) is 11.4 Å². The lowest BCUT2D eigenvalue weighted by molar-refractivity contribution is 0.122. The number of carbonyl (C=O) groups is 1. The van der Waals surface area contributed by atoms with Gasteiger partial charge >= 0.3 is 6.03 Å². The lowest BCUT2D eigenvalue weighted by Crippen LogP contribution is -2.39. The van der Waals surface area contributed by atoms with Crippen LogP contribution in [0.1, 0.15) is 50.6 Å². The van der Waals surface area contributed by atoms with E-state index in [1.807, 2.05) is 18.2 Å². The molecule has 1 aromatic carbocycles. The summed E-state index contributed by atoms with van der Waals surface area (Å²) < 4.78 is 32.0.